The van der Waals surface area contributed by atoms with Gasteiger partial charge in [0.1, 0.15) is 0 Å². The molecule has 0 amide bonds. The number of aromatic amines is 1. The van der Waals surface area contributed by atoms with Crippen LogP contribution in [-0.2, 0) is 10.0 Å². The van der Waals surface area contributed by atoms with Gasteiger partial charge in [0, 0.05) is 12.6 Å². The number of piperidine rings is 1. The number of nitrogens with zero attached hydrogens (tertiary/aromatic N) is 1. The van der Waals surface area contributed by atoms with Gasteiger partial charge in [0.05, 0.1) is 15.1 Å². The summed E-state index contributed by atoms with van der Waals surface area (Å²) in [6.07, 6.45) is 2.88. The van der Waals surface area contributed by atoms with Crippen molar-refractivity contribution in [2.24, 2.45) is 0 Å². The molecule has 0 spiro atoms. The fraction of sp³-hybridized carbons (Fsp3) is 0.462. The monoisotopic (exact) mass is 312 g/mol. The number of H-pyrrole nitrogens is 1. The second-order valence-electron chi connectivity index (χ2n) is 5.13. The lowest BCUT2D eigenvalue weighted by molar-refractivity contribution is 0.268. The van der Waals surface area contributed by atoms with E-state index in [1.165, 1.54) is 0 Å². The van der Waals surface area contributed by atoms with Gasteiger partial charge in [0.15, 0.2) is 0 Å². The maximum absolute atomic E-state index is 12.7. The van der Waals surface area contributed by atoms with E-state index < -0.39 is 10.0 Å². The van der Waals surface area contributed by atoms with Gasteiger partial charge in [0.25, 0.3) is 0 Å². The quantitative estimate of drug-likeness (QED) is 0.923. The van der Waals surface area contributed by atoms with E-state index in [2.05, 4.69) is 4.98 Å². The minimum absolute atomic E-state index is 0.0365. The minimum Gasteiger partial charge on any atom is -0.312 e. The standard InChI is InChI=1S/C13H16N2O3S2/c1-9-4-2-3-7-15(9)20(17,18)10-5-6-11-12(8-10)19-13(16)14-11/h5-6,8-9H,2-4,7H2,1H3,(H,14,16). The van der Waals surface area contributed by atoms with Crippen LogP contribution in [-0.4, -0.2) is 30.3 Å². The summed E-state index contributed by atoms with van der Waals surface area (Å²) in [5.41, 5.74) is 0.686. The smallest absolute Gasteiger partial charge is 0.305 e. The normalized spacial score (nSPS) is 21.4. The molecule has 1 atom stereocenters. The van der Waals surface area contributed by atoms with Gasteiger partial charge in [-0.15, -0.1) is 0 Å². The predicted octanol–water partition coefficient (Wildman–Crippen LogP) is 2.15. The van der Waals surface area contributed by atoms with Gasteiger partial charge in [0.2, 0.25) is 10.0 Å². The van der Waals surface area contributed by atoms with E-state index in [1.54, 1.807) is 22.5 Å². The van der Waals surface area contributed by atoms with Crippen LogP contribution in [0.5, 0.6) is 0 Å². The number of nitrogens with one attached hydrogen (secondary N) is 1. The van der Waals surface area contributed by atoms with Gasteiger partial charge in [-0.25, -0.2) is 8.42 Å². The molecule has 20 heavy (non-hydrogen) atoms. The molecule has 3 rings (SSSR count). The summed E-state index contributed by atoms with van der Waals surface area (Å²) in [6.45, 7) is 2.52. The topological polar surface area (TPSA) is 70.2 Å². The lowest BCUT2D eigenvalue weighted by atomic mass is 10.1. The van der Waals surface area contributed by atoms with Gasteiger partial charge in [-0.3, -0.25) is 4.79 Å². The van der Waals surface area contributed by atoms with E-state index in [0.717, 1.165) is 30.6 Å². The Morgan fingerprint density at radius 3 is 2.90 bits per heavy atom. The maximum atomic E-state index is 12.7. The molecule has 1 aromatic carbocycles. The van der Waals surface area contributed by atoms with Gasteiger partial charge >= 0.3 is 4.87 Å². The number of hydrogen-bond donors (Lipinski definition) is 1. The van der Waals surface area contributed by atoms with Crippen LogP contribution in [0.1, 0.15) is 26.2 Å². The first-order valence-corrected chi connectivity index (χ1v) is 8.89. The van der Waals surface area contributed by atoms with Crippen LogP contribution in [0.3, 0.4) is 0 Å². The molecular formula is C13H16N2O3S2. The summed E-state index contributed by atoms with van der Waals surface area (Å²) in [5.74, 6) is 0. The number of rotatable bonds is 2. The molecule has 0 radical (unpaired) electrons. The fourth-order valence-electron chi connectivity index (χ4n) is 2.65. The van der Waals surface area contributed by atoms with Crippen LogP contribution in [0.4, 0.5) is 0 Å². The average molecular weight is 312 g/mol. The molecule has 2 heterocycles. The van der Waals surface area contributed by atoms with Crippen LogP contribution in [0.25, 0.3) is 10.2 Å². The number of fused-ring (bicyclic) bond motifs is 1. The van der Waals surface area contributed by atoms with Gasteiger partial charge < -0.3 is 4.98 Å². The van der Waals surface area contributed by atoms with Crippen molar-refractivity contribution in [3.05, 3.63) is 27.9 Å². The highest BCUT2D eigenvalue weighted by molar-refractivity contribution is 7.89. The third-order valence-electron chi connectivity index (χ3n) is 3.74. The highest BCUT2D eigenvalue weighted by Gasteiger charge is 2.31. The van der Waals surface area contributed by atoms with Crippen LogP contribution in [0.2, 0.25) is 0 Å². The molecule has 0 bridgehead atoms. The van der Waals surface area contributed by atoms with E-state index >= 15 is 0 Å². The van der Waals surface area contributed by atoms with Crippen LogP contribution in [0.15, 0.2) is 27.9 Å². The van der Waals surface area contributed by atoms with Gasteiger partial charge in [-0.2, -0.15) is 4.31 Å². The summed E-state index contributed by atoms with van der Waals surface area (Å²) >= 11 is 1.04. The Bertz CT molecular complexity index is 791. The van der Waals surface area contributed by atoms with Crippen LogP contribution in [0, 0.1) is 0 Å². The molecule has 0 saturated carbocycles. The van der Waals surface area contributed by atoms with Crippen molar-refractivity contribution in [1.29, 1.82) is 0 Å². The molecule has 5 nitrogen and oxygen atoms in total. The molecule has 1 N–H and O–H groups in total. The molecule has 1 aromatic heterocycles. The third kappa shape index (κ3) is 2.30. The minimum atomic E-state index is -3.47. The lowest BCUT2D eigenvalue weighted by Crippen LogP contribution is -2.41. The first kappa shape index (κ1) is 13.8. The second-order valence-corrected chi connectivity index (χ2v) is 8.04. The summed E-state index contributed by atoms with van der Waals surface area (Å²) < 4.78 is 27.6. The van der Waals surface area contributed by atoms with Crippen molar-refractivity contribution in [3.8, 4) is 0 Å². The number of hydrogen-bond acceptors (Lipinski definition) is 4. The first-order valence-electron chi connectivity index (χ1n) is 6.63. The zero-order chi connectivity index (χ0) is 14.3. The summed E-state index contributed by atoms with van der Waals surface area (Å²) in [4.78, 5) is 14.1. The Morgan fingerprint density at radius 2 is 2.15 bits per heavy atom. The Labute approximate surface area is 121 Å². The fourth-order valence-corrected chi connectivity index (χ4v) is 5.23. The zero-order valence-electron chi connectivity index (χ0n) is 11.1. The van der Waals surface area contributed by atoms with E-state index in [0.29, 0.717) is 16.8 Å². The van der Waals surface area contributed by atoms with Crippen LogP contribution < -0.4 is 4.87 Å². The maximum Gasteiger partial charge on any atom is 0.305 e. The summed E-state index contributed by atoms with van der Waals surface area (Å²) in [6, 6.07) is 4.86. The molecule has 0 aliphatic carbocycles. The molecule has 1 aliphatic rings. The van der Waals surface area contributed by atoms with Crippen molar-refractivity contribution in [1.82, 2.24) is 9.29 Å². The SMILES string of the molecule is CC1CCCCN1S(=O)(=O)c1ccc2[nH]c(=O)sc2c1. The lowest BCUT2D eigenvalue weighted by Gasteiger charge is -2.32. The van der Waals surface area contributed by atoms with Crippen LogP contribution >= 0.6 is 11.3 Å². The van der Waals surface area contributed by atoms with Gasteiger partial charge in [-0.05, 0) is 38.0 Å². The number of thiazole rings is 1. The van der Waals surface area contributed by atoms with E-state index in [9.17, 15) is 13.2 Å². The molecule has 1 saturated heterocycles. The zero-order valence-corrected chi connectivity index (χ0v) is 12.8. The van der Waals surface area contributed by atoms with Crippen molar-refractivity contribution in [2.45, 2.75) is 37.1 Å². The summed E-state index contributed by atoms with van der Waals surface area (Å²) in [7, 11) is -3.47. The van der Waals surface area contributed by atoms with E-state index in [4.69, 9.17) is 0 Å². The predicted molar refractivity (Wildman–Crippen MR) is 79.7 cm³/mol. The highest BCUT2D eigenvalue weighted by Crippen LogP contribution is 2.27. The molecule has 2 aromatic rings. The molecule has 1 unspecified atom stereocenters. The van der Waals surface area contributed by atoms with E-state index in [-0.39, 0.29) is 15.8 Å². The molecule has 108 valence electrons. The average Bonchev–Trinajstić information content (AvgIpc) is 2.78. The van der Waals surface area contributed by atoms with E-state index in [1.807, 2.05) is 6.92 Å². The molecular weight excluding hydrogens is 296 g/mol. The Kier molecular flexibility index (Phi) is 3.43. The highest BCUT2D eigenvalue weighted by atomic mass is 32.2. The Balaban J connectivity index is 2.05. The molecule has 1 aliphatic heterocycles. The number of aromatic nitrogens is 1. The summed E-state index contributed by atoms with van der Waals surface area (Å²) in [5, 5.41) is 0. The number of benzene rings is 1. The number of sulfonamides is 1. The van der Waals surface area contributed by atoms with Crippen molar-refractivity contribution >= 4 is 31.6 Å². The largest absolute Gasteiger partial charge is 0.312 e. The Hall–Kier alpha value is -1.18. The van der Waals surface area contributed by atoms with Crippen molar-refractivity contribution < 1.29 is 8.42 Å². The van der Waals surface area contributed by atoms with Gasteiger partial charge in [-0.1, -0.05) is 17.8 Å². The Morgan fingerprint density at radius 1 is 1.35 bits per heavy atom. The first-order chi connectivity index (χ1) is 9.48. The van der Waals surface area contributed by atoms with Crippen molar-refractivity contribution in [3.63, 3.8) is 0 Å². The molecule has 1 fully saturated rings. The molecule has 7 heteroatoms. The van der Waals surface area contributed by atoms with Crippen molar-refractivity contribution in [2.75, 3.05) is 6.54 Å². The second kappa shape index (κ2) is 4.98. The third-order valence-corrected chi connectivity index (χ3v) is 6.60.